The smallest absolute Gasteiger partial charge is 0.187 e. The van der Waals surface area contributed by atoms with Crippen LogP contribution in [0, 0.1) is 28.6 Å². The summed E-state index contributed by atoms with van der Waals surface area (Å²) in [6.07, 6.45) is 7.92. The molecule has 4 aliphatic carbocycles. The van der Waals surface area contributed by atoms with E-state index in [1.165, 1.54) is 25.2 Å². The molecule has 5 heteroatoms. The molecule has 0 saturated heterocycles. The lowest BCUT2D eigenvalue weighted by molar-refractivity contribution is -0.178. The van der Waals surface area contributed by atoms with Crippen molar-refractivity contribution < 1.29 is 23.9 Å². The highest BCUT2D eigenvalue weighted by Crippen LogP contribution is 2.68. The fraction of sp³-hybridized carbons (Fsp3) is 0.591. The molecule has 2 saturated carbocycles. The highest BCUT2D eigenvalue weighted by Gasteiger charge is 2.74. The predicted molar refractivity (Wildman–Crippen MR) is 97.4 cm³/mol. The number of aliphatic hydroxyl groups is 1. The summed E-state index contributed by atoms with van der Waals surface area (Å²) in [5.41, 5.74) is -5.57. The lowest BCUT2D eigenvalue weighted by Gasteiger charge is -2.57. The van der Waals surface area contributed by atoms with Gasteiger partial charge in [0.1, 0.15) is 5.60 Å². The number of carbonyl (C=O) groups excluding carboxylic acids is 3. The maximum absolute atomic E-state index is 16.7. The van der Waals surface area contributed by atoms with Crippen molar-refractivity contribution >= 4 is 17.3 Å². The van der Waals surface area contributed by atoms with Crippen molar-refractivity contribution in [3.8, 4) is 0 Å². The first kappa shape index (κ1) is 18.5. The Bertz CT molecular complexity index is 870. The summed E-state index contributed by atoms with van der Waals surface area (Å²) < 4.78 is 16.7. The van der Waals surface area contributed by atoms with Gasteiger partial charge in [-0.25, -0.2) is 4.39 Å². The molecule has 0 aromatic carbocycles. The average Bonchev–Trinajstić information content (AvgIpc) is 2.79. The summed E-state index contributed by atoms with van der Waals surface area (Å²) in [7, 11) is 0. The second-order valence-electron chi connectivity index (χ2n) is 9.22. The molecule has 7 atom stereocenters. The van der Waals surface area contributed by atoms with E-state index < -0.39 is 33.8 Å². The Hall–Kier alpha value is -1.88. The molecule has 0 bridgehead atoms. The molecule has 1 N–H and O–H groups in total. The van der Waals surface area contributed by atoms with Gasteiger partial charge in [-0.05, 0) is 49.8 Å². The van der Waals surface area contributed by atoms with Crippen LogP contribution in [0.5, 0.6) is 0 Å². The summed E-state index contributed by atoms with van der Waals surface area (Å²) in [5.74, 6) is -2.64. The van der Waals surface area contributed by atoms with Crippen LogP contribution in [0.4, 0.5) is 4.39 Å². The molecule has 0 radical (unpaired) electrons. The van der Waals surface area contributed by atoms with Gasteiger partial charge >= 0.3 is 0 Å². The number of carbonyl (C=O) groups is 3. The zero-order chi connectivity index (χ0) is 20.0. The zero-order valence-corrected chi connectivity index (χ0v) is 16.1. The second-order valence-corrected chi connectivity index (χ2v) is 9.22. The maximum atomic E-state index is 16.7. The minimum absolute atomic E-state index is 0.191. The zero-order valence-electron chi connectivity index (χ0n) is 16.1. The van der Waals surface area contributed by atoms with Gasteiger partial charge in [0.05, 0.1) is 5.41 Å². The van der Waals surface area contributed by atoms with Crippen LogP contribution < -0.4 is 0 Å². The summed E-state index contributed by atoms with van der Waals surface area (Å²) in [6, 6.07) is 0. The van der Waals surface area contributed by atoms with Crippen molar-refractivity contribution in [3.05, 3.63) is 36.0 Å². The van der Waals surface area contributed by atoms with Crippen LogP contribution >= 0.6 is 0 Å². The molecule has 2 fully saturated rings. The topological polar surface area (TPSA) is 71.4 Å². The van der Waals surface area contributed by atoms with Crippen molar-refractivity contribution in [2.45, 2.75) is 51.8 Å². The van der Waals surface area contributed by atoms with Gasteiger partial charge in [-0.1, -0.05) is 32.1 Å². The fourth-order valence-corrected chi connectivity index (χ4v) is 6.50. The molecule has 0 aromatic heterocycles. The maximum Gasteiger partial charge on any atom is 0.187 e. The SMILES string of the molecule is CC(=O)[C@@]1(O)C(C)C[C@H]2[C@@H]3C=CC4=CC(=O)C=C[C@]4(C)[C@@]3(F)C(=O)C[C@@]21C. The Morgan fingerprint density at radius 3 is 2.56 bits per heavy atom. The summed E-state index contributed by atoms with van der Waals surface area (Å²) in [6.45, 7) is 6.56. The van der Waals surface area contributed by atoms with Crippen molar-refractivity contribution in [2.75, 3.05) is 0 Å². The number of fused-ring (bicyclic) bond motifs is 5. The van der Waals surface area contributed by atoms with Crippen molar-refractivity contribution in [3.63, 3.8) is 0 Å². The van der Waals surface area contributed by atoms with E-state index in [-0.39, 0.29) is 29.8 Å². The highest BCUT2D eigenvalue weighted by molar-refractivity contribution is 6.03. The average molecular weight is 372 g/mol. The normalized spacial score (nSPS) is 50.7. The molecular weight excluding hydrogens is 347 g/mol. The van der Waals surface area contributed by atoms with Crippen molar-refractivity contribution in [1.29, 1.82) is 0 Å². The number of allylic oxidation sites excluding steroid dienone is 6. The van der Waals surface area contributed by atoms with Gasteiger partial charge in [-0.15, -0.1) is 0 Å². The summed E-state index contributed by atoms with van der Waals surface area (Å²) >= 11 is 0. The minimum atomic E-state index is -2.20. The Kier molecular flexibility index (Phi) is 3.51. The first-order valence-corrected chi connectivity index (χ1v) is 9.52. The lowest BCUT2D eigenvalue weighted by Crippen LogP contribution is -2.66. The third-order valence-electron chi connectivity index (χ3n) is 8.09. The largest absolute Gasteiger partial charge is 0.381 e. The monoisotopic (exact) mass is 372 g/mol. The molecule has 144 valence electrons. The third kappa shape index (κ3) is 1.84. The van der Waals surface area contributed by atoms with E-state index in [2.05, 4.69) is 0 Å². The van der Waals surface area contributed by atoms with Crippen LogP contribution in [0.15, 0.2) is 36.0 Å². The highest BCUT2D eigenvalue weighted by atomic mass is 19.1. The van der Waals surface area contributed by atoms with E-state index in [9.17, 15) is 19.5 Å². The number of hydrogen-bond donors (Lipinski definition) is 1. The number of hydrogen-bond acceptors (Lipinski definition) is 4. The number of halogens is 1. The number of alkyl halides is 1. The first-order valence-electron chi connectivity index (χ1n) is 9.52. The Labute approximate surface area is 158 Å². The van der Waals surface area contributed by atoms with Gasteiger partial charge in [0.25, 0.3) is 0 Å². The van der Waals surface area contributed by atoms with E-state index in [1.807, 2.05) is 0 Å². The molecular formula is C22H25FO4. The molecule has 4 nitrogen and oxygen atoms in total. The molecule has 4 aliphatic rings. The van der Waals surface area contributed by atoms with E-state index in [0.29, 0.717) is 12.0 Å². The Balaban J connectivity index is 1.92. The second kappa shape index (κ2) is 5.13. The van der Waals surface area contributed by atoms with E-state index >= 15 is 4.39 Å². The third-order valence-corrected chi connectivity index (χ3v) is 8.09. The predicted octanol–water partition coefficient (Wildman–Crippen LogP) is 2.91. The van der Waals surface area contributed by atoms with Gasteiger partial charge in [0.15, 0.2) is 23.0 Å². The number of rotatable bonds is 1. The van der Waals surface area contributed by atoms with Gasteiger partial charge in [-0.2, -0.15) is 0 Å². The molecule has 0 heterocycles. The number of ketones is 3. The first-order chi connectivity index (χ1) is 12.4. The molecule has 0 aliphatic heterocycles. The Morgan fingerprint density at radius 1 is 1.26 bits per heavy atom. The van der Waals surface area contributed by atoms with Gasteiger partial charge in [-0.3, -0.25) is 14.4 Å². The minimum Gasteiger partial charge on any atom is -0.381 e. The molecule has 27 heavy (non-hydrogen) atoms. The summed E-state index contributed by atoms with van der Waals surface area (Å²) in [4.78, 5) is 37.4. The van der Waals surface area contributed by atoms with Crippen LogP contribution in [0.2, 0.25) is 0 Å². The number of Topliss-reactive ketones (excluding diaryl/α,β-unsaturated/α-hetero) is 2. The molecule has 0 spiro atoms. The van der Waals surface area contributed by atoms with Crippen LogP contribution in [0.25, 0.3) is 0 Å². The molecule has 1 unspecified atom stereocenters. The van der Waals surface area contributed by atoms with E-state index in [0.717, 1.165) is 0 Å². The standard InChI is InChI=1S/C22H25FO4/c1-12-9-17-16-6-5-14-10-15(25)7-8-19(14,3)21(16,23)18(26)11-20(17,4)22(12,27)13(2)24/h5-8,10,12,16-17,27H,9,11H2,1-4H3/t12?,16-,17-,19-,20-,21-,22-/m0/s1. The van der Waals surface area contributed by atoms with E-state index in [4.69, 9.17) is 0 Å². The van der Waals surface area contributed by atoms with Gasteiger partial charge < -0.3 is 5.11 Å². The van der Waals surface area contributed by atoms with Crippen LogP contribution in [-0.4, -0.2) is 33.7 Å². The van der Waals surface area contributed by atoms with Crippen LogP contribution in [-0.2, 0) is 14.4 Å². The lowest BCUT2D eigenvalue weighted by atomic mass is 9.47. The van der Waals surface area contributed by atoms with Crippen LogP contribution in [0.1, 0.15) is 40.5 Å². The fourth-order valence-electron chi connectivity index (χ4n) is 6.50. The van der Waals surface area contributed by atoms with E-state index in [1.54, 1.807) is 32.9 Å². The van der Waals surface area contributed by atoms with Gasteiger partial charge in [0, 0.05) is 17.8 Å². The van der Waals surface area contributed by atoms with Crippen molar-refractivity contribution in [1.82, 2.24) is 0 Å². The molecule has 0 aromatic rings. The van der Waals surface area contributed by atoms with Crippen LogP contribution in [0.3, 0.4) is 0 Å². The summed E-state index contributed by atoms with van der Waals surface area (Å²) in [5, 5.41) is 11.3. The molecule has 4 rings (SSSR count). The van der Waals surface area contributed by atoms with Gasteiger partial charge in [0.2, 0.25) is 0 Å². The Morgan fingerprint density at radius 2 is 1.93 bits per heavy atom. The quantitative estimate of drug-likeness (QED) is 0.768. The van der Waals surface area contributed by atoms with Crippen molar-refractivity contribution in [2.24, 2.45) is 28.6 Å². The molecule has 0 amide bonds.